The molecule has 4 nitrogen and oxygen atoms in total. The Morgan fingerprint density at radius 1 is 1.33 bits per heavy atom. The van der Waals surface area contributed by atoms with E-state index in [0.717, 1.165) is 42.0 Å². The molecule has 2 atom stereocenters. The molecule has 2 heterocycles. The van der Waals surface area contributed by atoms with Crippen molar-refractivity contribution >= 4 is 17.3 Å². The quantitative estimate of drug-likeness (QED) is 0.899. The van der Waals surface area contributed by atoms with Gasteiger partial charge in [0.1, 0.15) is 9.88 Å². The van der Waals surface area contributed by atoms with E-state index in [9.17, 15) is 9.90 Å². The lowest BCUT2D eigenvalue weighted by molar-refractivity contribution is 0.0701. The van der Waals surface area contributed by atoms with Gasteiger partial charge in [-0.2, -0.15) is 0 Å². The third-order valence-electron chi connectivity index (χ3n) is 4.52. The van der Waals surface area contributed by atoms with Gasteiger partial charge in [0.2, 0.25) is 0 Å². The van der Waals surface area contributed by atoms with Gasteiger partial charge in [0.15, 0.2) is 0 Å². The molecule has 128 valence electrons. The summed E-state index contributed by atoms with van der Waals surface area (Å²) in [4.78, 5) is 18.5. The first-order valence-corrected chi connectivity index (χ1v) is 9.26. The second kappa shape index (κ2) is 7.03. The first-order valence-electron chi connectivity index (χ1n) is 8.44. The Hall–Kier alpha value is -1.72. The lowest BCUT2D eigenvalue weighted by Gasteiger charge is -2.35. The first kappa shape index (κ1) is 17.1. The van der Waals surface area contributed by atoms with Crippen molar-refractivity contribution in [3.63, 3.8) is 0 Å². The van der Waals surface area contributed by atoms with Crippen molar-refractivity contribution in [2.45, 2.75) is 33.7 Å². The molecule has 1 aromatic heterocycles. The molecule has 0 amide bonds. The summed E-state index contributed by atoms with van der Waals surface area (Å²) in [6.45, 7) is 9.64. The van der Waals surface area contributed by atoms with E-state index in [1.807, 2.05) is 12.1 Å². The average molecular weight is 344 g/mol. The van der Waals surface area contributed by atoms with Gasteiger partial charge in [-0.25, -0.2) is 9.78 Å². The Morgan fingerprint density at radius 2 is 2.04 bits per heavy atom. The van der Waals surface area contributed by atoms with Crippen molar-refractivity contribution in [2.24, 2.45) is 11.8 Å². The number of rotatable bonds is 4. The van der Waals surface area contributed by atoms with Gasteiger partial charge in [-0.05, 0) is 36.8 Å². The predicted molar refractivity (Wildman–Crippen MR) is 97.5 cm³/mol. The van der Waals surface area contributed by atoms with E-state index in [1.165, 1.54) is 23.3 Å². The smallest absolute Gasteiger partial charge is 0.347 e. The highest BCUT2D eigenvalue weighted by Gasteiger charge is 2.22. The van der Waals surface area contributed by atoms with E-state index in [1.54, 1.807) is 6.92 Å². The molecule has 2 aromatic rings. The number of carboxylic acids is 1. The molecule has 0 bridgehead atoms. The molecule has 1 aliphatic heterocycles. The summed E-state index contributed by atoms with van der Waals surface area (Å²) in [7, 11) is 0. The highest BCUT2D eigenvalue weighted by atomic mass is 32.1. The number of carbonyl (C=O) groups is 1. The lowest BCUT2D eigenvalue weighted by Crippen LogP contribution is -2.38. The molecule has 0 spiro atoms. The molecule has 0 radical (unpaired) electrons. The summed E-state index contributed by atoms with van der Waals surface area (Å²) in [5.74, 6) is 0.594. The Morgan fingerprint density at radius 3 is 2.67 bits per heavy atom. The van der Waals surface area contributed by atoms with Crippen LogP contribution in [-0.2, 0) is 6.54 Å². The third-order valence-corrected chi connectivity index (χ3v) is 5.71. The van der Waals surface area contributed by atoms with E-state index >= 15 is 0 Å². The minimum atomic E-state index is -0.899. The van der Waals surface area contributed by atoms with Crippen molar-refractivity contribution in [3.05, 3.63) is 40.4 Å². The summed E-state index contributed by atoms with van der Waals surface area (Å²) in [5, 5.41) is 9.99. The van der Waals surface area contributed by atoms with Crippen LogP contribution in [0.15, 0.2) is 24.3 Å². The third kappa shape index (κ3) is 3.84. The first-order chi connectivity index (χ1) is 11.4. The van der Waals surface area contributed by atoms with Crippen LogP contribution in [0.5, 0.6) is 0 Å². The van der Waals surface area contributed by atoms with E-state index in [-0.39, 0.29) is 0 Å². The van der Waals surface area contributed by atoms with Gasteiger partial charge >= 0.3 is 5.97 Å². The molecule has 1 aliphatic rings. The zero-order valence-corrected chi connectivity index (χ0v) is 15.3. The molecule has 24 heavy (non-hydrogen) atoms. The van der Waals surface area contributed by atoms with E-state index in [4.69, 9.17) is 0 Å². The van der Waals surface area contributed by atoms with Gasteiger partial charge in [-0.3, -0.25) is 4.90 Å². The van der Waals surface area contributed by atoms with Crippen molar-refractivity contribution in [2.75, 3.05) is 13.1 Å². The maximum absolute atomic E-state index is 11.2. The van der Waals surface area contributed by atoms with Crippen molar-refractivity contribution in [1.29, 1.82) is 0 Å². The zero-order chi connectivity index (χ0) is 17.3. The summed E-state index contributed by atoms with van der Waals surface area (Å²) in [6, 6.07) is 8.34. The van der Waals surface area contributed by atoms with Gasteiger partial charge in [-0.1, -0.05) is 32.0 Å². The van der Waals surface area contributed by atoms with Gasteiger partial charge in [0, 0.05) is 25.2 Å². The minimum Gasteiger partial charge on any atom is -0.477 e. The van der Waals surface area contributed by atoms with E-state index in [2.05, 4.69) is 35.9 Å². The van der Waals surface area contributed by atoms with Gasteiger partial charge in [0.25, 0.3) is 0 Å². The summed E-state index contributed by atoms with van der Waals surface area (Å²) in [6.07, 6.45) is 1.31. The second-order valence-electron chi connectivity index (χ2n) is 7.08. The van der Waals surface area contributed by atoms with Crippen LogP contribution < -0.4 is 0 Å². The molecular formula is C19H24N2O2S. The standard InChI is InChI=1S/C19H24N2O2S/c1-12-7-13(2)10-21(9-12)11-15-5-4-6-16(8-15)18-20-14(3)17(24-18)19(22)23/h4-6,8,12-13H,7,9-11H2,1-3H3,(H,22,23). The molecule has 5 heteroatoms. The van der Waals surface area contributed by atoms with Crippen LogP contribution in [0.25, 0.3) is 10.6 Å². The largest absolute Gasteiger partial charge is 0.477 e. The van der Waals surface area contributed by atoms with Gasteiger partial charge < -0.3 is 5.11 Å². The van der Waals surface area contributed by atoms with E-state index in [0.29, 0.717) is 10.6 Å². The molecule has 2 unspecified atom stereocenters. The van der Waals surface area contributed by atoms with Crippen LogP contribution in [0, 0.1) is 18.8 Å². The highest BCUT2D eigenvalue weighted by molar-refractivity contribution is 7.17. The topological polar surface area (TPSA) is 53.4 Å². The monoisotopic (exact) mass is 344 g/mol. The Bertz CT molecular complexity index is 731. The average Bonchev–Trinajstić information content (AvgIpc) is 2.89. The van der Waals surface area contributed by atoms with Crippen LogP contribution in [-0.4, -0.2) is 34.0 Å². The van der Waals surface area contributed by atoms with Crippen molar-refractivity contribution < 1.29 is 9.90 Å². The van der Waals surface area contributed by atoms with Crippen LogP contribution in [0.2, 0.25) is 0 Å². The molecule has 1 N–H and O–H groups in total. The number of thiazole rings is 1. The fourth-order valence-electron chi connectivity index (χ4n) is 3.70. The molecule has 3 rings (SSSR count). The predicted octanol–water partition coefficient (Wildman–Crippen LogP) is 4.29. The Kier molecular flexibility index (Phi) is 5.01. The highest BCUT2D eigenvalue weighted by Crippen LogP contribution is 2.29. The maximum Gasteiger partial charge on any atom is 0.347 e. The van der Waals surface area contributed by atoms with Crippen LogP contribution in [0.1, 0.15) is 41.2 Å². The number of aromatic nitrogens is 1. The zero-order valence-electron chi connectivity index (χ0n) is 14.5. The molecule has 1 aromatic carbocycles. The van der Waals surface area contributed by atoms with Crippen LogP contribution in [0.3, 0.4) is 0 Å². The molecule has 0 aliphatic carbocycles. The second-order valence-corrected chi connectivity index (χ2v) is 8.08. The number of hydrogen-bond acceptors (Lipinski definition) is 4. The molecule has 1 saturated heterocycles. The number of hydrogen-bond donors (Lipinski definition) is 1. The SMILES string of the molecule is Cc1nc(-c2cccc(CN3CC(C)CC(C)C3)c2)sc1C(=O)O. The minimum absolute atomic E-state index is 0.328. The number of carboxylic acid groups (broad SMARTS) is 1. The number of nitrogens with zero attached hydrogens (tertiary/aromatic N) is 2. The number of piperidine rings is 1. The van der Waals surface area contributed by atoms with Crippen molar-refractivity contribution in [3.8, 4) is 10.6 Å². The molecular weight excluding hydrogens is 320 g/mol. The fraction of sp³-hybridized carbons (Fsp3) is 0.474. The summed E-state index contributed by atoms with van der Waals surface area (Å²) in [5.41, 5.74) is 2.86. The molecule has 0 saturated carbocycles. The summed E-state index contributed by atoms with van der Waals surface area (Å²) < 4.78 is 0. The number of benzene rings is 1. The normalized spacial score (nSPS) is 21.8. The number of likely N-dealkylation sites (tertiary alicyclic amines) is 1. The fourth-order valence-corrected chi connectivity index (χ4v) is 4.60. The maximum atomic E-state index is 11.2. The Balaban J connectivity index is 1.79. The summed E-state index contributed by atoms with van der Waals surface area (Å²) >= 11 is 1.25. The Labute approximate surface area is 147 Å². The van der Waals surface area contributed by atoms with Gasteiger partial charge in [-0.15, -0.1) is 11.3 Å². The number of aryl methyl sites for hydroxylation is 1. The van der Waals surface area contributed by atoms with Gasteiger partial charge in [0.05, 0.1) is 5.69 Å². The number of aromatic carboxylic acids is 1. The lowest BCUT2D eigenvalue weighted by atomic mass is 9.91. The molecule has 1 fully saturated rings. The van der Waals surface area contributed by atoms with Crippen molar-refractivity contribution in [1.82, 2.24) is 9.88 Å². The van der Waals surface area contributed by atoms with Crippen LogP contribution in [0.4, 0.5) is 0 Å². The van der Waals surface area contributed by atoms with E-state index < -0.39 is 5.97 Å². The van der Waals surface area contributed by atoms with Crippen LogP contribution >= 0.6 is 11.3 Å².